The van der Waals surface area contributed by atoms with E-state index in [1.807, 2.05) is 0 Å². The molecule has 0 saturated carbocycles. The van der Waals surface area contributed by atoms with E-state index in [4.69, 9.17) is 0 Å². The largest absolute Gasteiger partial charge is 0.297 e. The summed E-state index contributed by atoms with van der Waals surface area (Å²) in [6.45, 7) is 28.7. The van der Waals surface area contributed by atoms with Crippen LogP contribution in [0.2, 0.25) is 0 Å². The van der Waals surface area contributed by atoms with Crippen molar-refractivity contribution in [1.82, 2.24) is 0 Å². The van der Waals surface area contributed by atoms with Gasteiger partial charge in [-0.25, -0.2) is 0 Å². The highest BCUT2D eigenvalue weighted by atomic mass is 32.2. The van der Waals surface area contributed by atoms with E-state index in [9.17, 15) is 9.59 Å². The van der Waals surface area contributed by atoms with Gasteiger partial charge in [-0.1, -0.05) is 172 Å². The monoisotopic (exact) mass is 1040 g/mol. The quantitative estimate of drug-likeness (QED) is 0.0632. The molecule has 0 amide bonds. The number of hydrogen-bond acceptors (Lipinski definition) is 8. The van der Waals surface area contributed by atoms with Crippen LogP contribution in [0.25, 0.3) is 11.1 Å². The molecule has 8 heteroatoms. The smallest absolute Gasteiger partial charge is 0.156 e. The average Bonchev–Trinajstić information content (AvgIpc) is 4.03. The molecule has 2 aliphatic carbocycles. The summed E-state index contributed by atoms with van der Waals surface area (Å²) in [5.41, 5.74) is 8.66. The minimum absolute atomic E-state index is 0.209. The molecule has 2 nitrogen and oxygen atoms in total. The van der Waals surface area contributed by atoms with E-state index in [1.165, 1.54) is 145 Å². The number of allylic oxidation sites excluding steroid dienone is 6. The summed E-state index contributed by atoms with van der Waals surface area (Å²) in [5.74, 6) is 10.9. The summed E-state index contributed by atoms with van der Waals surface area (Å²) in [7, 11) is 0. The van der Waals surface area contributed by atoms with Gasteiger partial charge in [0.1, 0.15) is 0 Å². The zero-order valence-electron chi connectivity index (χ0n) is 44.8. The SMILES string of the molecule is CC(C)CCCC(C)CCSC(SCCC(C)CCCC(C)C)=C1c2cc3c(cc2C2SC(C=O)=CC12)C(=C(SCCC(C)CCCC(C)C)SCCC(C)CCCC(C)C)C1C=C(C=O)SC31. The molecule has 2 heterocycles. The fraction of sp³-hybridized carbons (Fsp3) is 0.733. The van der Waals surface area contributed by atoms with Crippen molar-refractivity contribution >= 4 is 94.3 Å². The summed E-state index contributed by atoms with van der Waals surface area (Å²) in [4.78, 5) is 27.0. The maximum absolute atomic E-state index is 12.6. The van der Waals surface area contributed by atoms with Crippen LogP contribution in [0.3, 0.4) is 0 Å². The molecule has 0 bridgehead atoms. The maximum atomic E-state index is 12.6. The first kappa shape index (κ1) is 58.5. The first-order chi connectivity index (χ1) is 32.6. The second kappa shape index (κ2) is 30.1. The van der Waals surface area contributed by atoms with Crippen molar-refractivity contribution < 1.29 is 9.59 Å². The summed E-state index contributed by atoms with van der Waals surface area (Å²) in [6, 6.07) is 5.22. The van der Waals surface area contributed by atoms with Gasteiger partial charge < -0.3 is 0 Å². The minimum Gasteiger partial charge on any atom is -0.297 e. The van der Waals surface area contributed by atoms with Crippen molar-refractivity contribution in [3.8, 4) is 0 Å². The molecule has 68 heavy (non-hydrogen) atoms. The van der Waals surface area contributed by atoms with E-state index in [0.29, 0.717) is 0 Å². The summed E-state index contributed by atoms with van der Waals surface area (Å²) in [5, 5.41) is 0.452. The van der Waals surface area contributed by atoms with Gasteiger partial charge in [0, 0.05) is 40.6 Å². The number of hydrogen-bond donors (Lipinski definition) is 0. The second-order valence-corrected chi connectivity index (χ2v) is 30.6. The highest BCUT2D eigenvalue weighted by molar-refractivity contribution is 8.23. The predicted octanol–water partition coefficient (Wildman–Crippen LogP) is 20.4. The second-order valence-electron chi connectivity index (χ2n) is 23.2. The number of carbonyl (C=O) groups excluding carboxylic acids is 2. The number of aldehydes is 2. The van der Waals surface area contributed by atoms with Gasteiger partial charge in [-0.2, -0.15) is 0 Å². The van der Waals surface area contributed by atoms with E-state index < -0.39 is 0 Å². The van der Waals surface area contributed by atoms with Crippen LogP contribution in [0.4, 0.5) is 0 Å². The van der Waals surface area contributed by atoms with Crippen LogP contribution in [-0.2, 0) is 9.59 Å². The number of rotatable bonds is 34. The third-order valence-electron chi connectivity index (χ3n) is 14.9. The molecule has 4 aliphatic rings. The van der Waals surface area contributed by atoms with Crippen LogP contribution in [0.1, 0.15) is 219 Å². The molecule has 0 aromatic heterocycles. The molecule has 1 aromatic carbocycles. The molecule has 0 radical (unpaired) electrons. The summed E-state index contributed by atoms with van der Waals surface area (Å²) >= 11 is 12.1. The highest BCUT2D eigenvalue weighted by Gasteiger charge is 2.47. The van der Waals surface area contributed by atoms with Crippen molar-refractivity contribution in [2.75, 3.05) is 23.0 Å². The lowest BCUT2D eigenvalue weighted by Gasteiger charge is -2.19. The van der Waals surface area contributed by atoms with Crippen LogP contribution < -0.4 is 0 Å². The normalized spacial score (nSPS) is 21.3. The Labute approximate surface area is 443 Å². The van der Waals surface area contributed by atoms with Gasteiger partial charge in [0.05, 0.1) is 0 Å². The van der Waals surface area contributed by atoms with Crippen LogP contribution in [-0.4, -0.2) is 35.6 Å². The Morgan fingerprint density at radius 2 is 0.721 bits per heavy atom. The minimum atomic E-state index is 0.209. The van der Waals surface area contributed by atoms with E-state index in [0.717, 1.165) is 92.7 Å². The van der Waals surface area contributed by atoms with Crippen molar-refractivity contribution in [3.63, 3.8) is 0 Å². The third kappa shape index (κ3) is 17.9. The van der Waals surface area contributed by atoms with Crippen LogP contribution >= 0.6 is 70.6 Å². The molecule has 0 fully saturated rings. The first-order valence-corrected chi connectivity index (χ1v) is 33.1. The number of benzene rings is 1. The Balaban J connectivity index is 1.53. The molecular weight excluding hydrogens is 945 g/mol. The van der Waals surface area contributed by atoms with Crippen LogP contribution in [0.5, 0.6) is 0 Å². The molecule has 0 spiro atoms. The van der Waals surface area contributed by atoms with Gasteiger partial charge in [0.2, 0.25) is 0 Å². The summed E-state index contributed by atoms with van der Waals surface area (Å²) in [6.07, 6.45) is 27.7. The van der Waals surface area contributed by atoms with Gasteiger partial charge >= 0.3 is 0 Å². The molecule has 382 valence electrons. The van der Waals surface area contributed by atoms with E-state index in [-0.39, 0.29) is 22.3 Å². The van der Waals surface area contributed by atoms with Crippen LogP contribution in [0.15, 0.2) is 42.6 Å². The maximum Gasteiger partial charge on any atom is 0.156 e. The fourth-order valence-corrected chi connectivity index (χ4v) is 19.1. The standard InChI is InChI=1S/C60H94O2S6/c1-39(2)17-13-21-43(9)25-29-63-59(64-30-26-44(10)22-14-18-40(3)4)55-49-35-52-50(36-51(49)57-53(55)33-47(37-61)67-57)56(54-34-48(38-62)68-58(52)54)60(65-31-27-45(11)23-15-19-41(5)6)66-32-28-46(12)24-16-20-42(7)8/h33-46,53-54,57-58H,13-32H2,1-12H3. The number of carbonyl (C=O) groups is 2. The highest BCUT2D eigenvalue weighted by Crippen LogP contribution is 2.66. The lowest BCUT2D eigenvalue weighted by molar-refractivity contribution is -0.105. The average molecular weight is 1040 g/mol. The Morgan fingerprint density at radius 1 is 0.441 bits per heavy atom. The topological polar surface area (TPSA) is 34.1 Å². The van der Waals surface area contributed by atoms with Crippen molar-refractivity contribution in [2.45, 2.75) is 196 Å². The lowest BCUT2D eigenvalue weighted by atomic mass is 9.98. The zero-order chi connectivity index (χ0) is 49.3. The molecule has 8 unspecified atom stereocenters. The molecule has 5 rings (SSSR count). The Bertz CT molecular complexity index is 1680. The molecule has 8 atom stereocenters. The number of thioether (sulfide) groups is 6. The van der Waals surface area contributed by atoms with Gasteiger partial charge in [-0.05, 0) is 142 Å². The Morgan fingerprint density at radius 3 is 0.971 bits per heavy atom. The van der Waals surface area contributed by atoms with Gasteiger partial charge in [-0.3, -0.25) is 9.59 Å². The van der Waals surface area contributed by atoms with Crippen molar-refractivity contribution in [2.24, 2.45) is 59.2 Å². The molecule has 1 aromatic rings. The van der Waals surface area contributed by atoms with Gasteiger partial charge in [0.25, 0.3) is 0 Å². The molecule has 0 N–H and O–H groups in total. The van der Waals surface area contributed by atoms with E-state index in [2.05, 4.69) is 154 Å². The van der Waals surface area contributed by atoms with Gasteiger partial charge in [-0.15, -0.1) is 70.6 Å². The molecular formula is C60H94O2S6. The van der Waals surface area contributed by atoms with Crippen molar-refractivity contribution in [1.29, 1.82) is 0 Å². The third-order valence-corrected chi connectivity index (χ3v) is 22.6. The van der Waals surface area contributed by atoms with Crippen LogP contribution in [0, 0.1) is 59.2 Å². The Kier molecular flexibility index (Phi) is 25.9. The summed E-state index contributed by atoms with van der Waals surface area (Å²) < 4.78 is 3.00. The Hall–Kier alpha value is -0.380. The predicted molar refractivity (Wildman–Crippen MR) is 316 cm³/mol. The van der Waals surface area contributed by atoms with Gasteiger partial charge in [0.15, 0.2) is 12.6 Å². The fourth-order valence-electron chi connectivity index (χ4n) is 10.5. The zero-order valence-corrected chi connectivity index (χ0v) is 49.7. The lowest BCUT2D eigenvalue weighted by Crippen LogP contribution is -2.02. The molecule has 0 saturated heterocycles. The van der Waals surface area contributed by atoms with E-state index in [1.54, 1.807) is 23.5 Å². The van der Waals surface area contributed by atoms with E-state index >= 15 is 0 Å². The molecule has 2 aliphatic heterocycles. The first-order valence-electron chi connectivity index (χ1n) is 27.4. The number of fused-ring (bicyclic) bond motifs is 6. The van der Waals surface area contributed by atoms with Crippen molar-refractivity contribution in [3.05, 3.63) is 64.8 Å².